The summed E-state index contributed by atoms with van der Waals surface area (Å²) in [5.41, 5.74) is -0.634. The van der Waals surface area contributed by atoms with Gasteiger partial charge in [-0.3, -0.25) is 4.79 Å². The van der Waals surface area contributed by atoms with Crippen molar-refractivity contribution in [3.05, 3.63) is 10.6 Å². The summed E-state index contributed by atoms with van der Waals surface area (Å²) >= 11 is 0.456. The number of nitrogens with zero attached hydrogens (tertiary/aromatic N) is 2. The molecule has 7 nitrogen and oxygen atoms in total. The Hall–Kier alpha value is -1.35. The Balaban J connectivity index is 3.28. The van der Waals surface area contributed by atoms with Gasteiger partial charge in [0.2, 0.25) is 9.84 Å². The third-order valence-corrected chi connectivity index (χ3v) is 2.79. The molecule has 14 heavy (non-hydrogen) atoms. The van der Waals surface area contributed by atoms with Crippen molar-refractivity contribution in [2.24, 2.45) is 0 Å². The highest BCUT2D eigenvalue weighted by molar-refractivity contribution is 8.06. The Morgan fingerprint density at radius 1 is 1.43 bits per heavy atom. The van der Waals surface area contributed by atoms with E-state index in [0.29, 0.717) is 17.8 Å². The van der Waals surface area contributed by atoms with Crippen molar-refractivity contribution in [1.29, 1.82) is 0 Å². The number of aromatic nitrogens is 2. The molecule has 0 unspecified atom stereocenters. The van der Waals surface area contributed by atoms with Gasteiger partial charge in [0.1, 0.15) is 0 Å². The van der Waals surface area contributed by atoms with Gasteiger partial charge in [-0.2, -0.15) is 0 Å². The molecule has 0 spiro atoms. The van der Waals surface area contributed by atoms with Crippen LogP contribution in [0.4, 0.5) is 0 Å². The second kappa shape index (κ2) is 3.42. The number of aromatic carboxylic acids is 1. The molecule has 0 aliphatic rings. The van der Waals surface area contributed by atoms with Crippen LogP contribution in [0.2, 0.25) is 0 Å². The highest BCUT2D eigenvalue weighted by Crippen LogP contribution is 2.13. The molecular formula is C5H4N2O5S2. The maximum atomic E-state index is 11.1. The summed E-state index contributed by atoms with van der Waals surface area (Å²) in [4.78, 5) is 21.1. The van der Waals surface area contributed by atoms with Crippen LogP contribution in [0.15, 0.2) is 0 Å². The summed E-state index contributed by atoms with van der Waals surface area (Å²) in [6, 6.07) is 0. The zero-order valence-corrected chi connectivity index (χ0v) is 8.42. The third-order valence-electron chi connectivity index (χ3n) is 1.21. The van der Waals surface area contributed by atoms with E-state index in [4.69, 9.17) is 5.11 Å². The summed E-state index contributed by atoms with van der Waals surface area (Å²) in [5.74, 6) is -1.42. The summed E-state index contributed by atoms with van der Waals surface area (Å²) in [7, 11) is -3.98. The van der Waals surface area contributed by atoms with Crippen molar-refractivity contribution in [2.45, 2.75) is 0 Å². The van der Waals surface area contributed by atoms with Crippen molar-refractivity contribution in [1.82, 2.24) is 9.59 Å². The first-order chi connectivity index (χ1) is 6.34. The maximum absolute atomic E-state index is 11.1. The number of carboxylic acids is 1. The number of carboxylic acid groups (broad SMARTS) is 1. The van der Waals surface area contributed by atoms with E-state index in [2.05, 4.69) is 9.59 Å². The third kappa shape index (κ3) is 1.93. The minimum absolute atomic E-state index is 0.456. The lowest BCUT2D eigenvalue weighted by atomic mass is 10.4. The van der Waals surface area contributed by atoms with Crippen molar-refractivity contribution in [3.63, 3.8) is 0 Å². The number of hydrogen-bond acceptors (Lipinski definition) is 7. The molecule has 1 N–H and O–H groups in total. The SMILES string of the molecule is CS(=O)(=O)C(=O)c1nnsc1C(=O)O. The van der Waals surface area contributed by atoms with Crippen LogP contribution in [0.25, 0.3) is 0 Å². The molecule has 0 fully saturated rings. The molecule has 9 heteroatoms. The monoisotopic (exact) mass is 236 g/mol. The first-order valence-electron chi connectivity index (χ1n) is 3.14. The fraction of sp³-hybridized carbons (Fsp3) is 0.200. The fourth-order valence-corrected chi connectivity index (χ4v) is 1.70. The van der Waals surface area contributed by atoms with Gasteiger partial charge in [0.15, 0.2) is 10.6 Å². The Morgan fingerprint density at radius 3 is 2.43 bits per heavy atom. The van der Waals surface area contributed by atoms with E-state index in [9.17, 15) is 18.0 Å². The van der Waals surface area contributed by atoms with Crippen LogP contribution in [0.5, 0.6) is 0 Å². The molecule has 1 rings (SSSR count). The average Bonchev–Trinajstić information content (AvgIpc) is 2.48. The molecule has 0 atom stereocenters. The molecule has 1 heterocycles. The molecular weight excluding hydrogens is 232 g/mol. The van der Waals surface area contributed by atoms with Crippen molar-refractivity contribution >= 4 is 32.5 Å². The van der Waals surface area contributed by atoms with Gasteiger partial charge >= 0.3 is 5.97 Å². The van der Waals surface area contributed by atoms with Crippen molar-refractivity contribution in [3.8, 4) is 0 Å². The minimum atomic E-state index is -3.98. The molecule has 0 bridgehead atoms. The van der Waals surface area contributed by atoms with E-state index in [1.54, 1.807) is 0 Å². The van der Waals surface area contributed by atoms with E-state index in [1.165, 1.54) is 0 Å². The van der Waals surface area contributed by atoms with Gasteiger partial charge in [0.05, 0.1) is 0 Å². The van der Waals surface area contributed by atoms with Crippen LogP contribution in [0.3, 0.4) is 0 Å². The van der Waals surface area contributed by atoms with Crippen molar-refractivity contribution in [2.75, 3.05) is 6.26 Å². The van der Waals surface area contributed by atoms with Gasteiger partial charge < -0.3 is 5.11 Å². The second-order valence-electron chi connectivity index (χ2n) is 2.32. The first kappa shape index (κ1) is 10.7. The lowest BCUT2D eigenvalue weighted by Gasteiger charge is -1.93. The van der Waals surface area contributed by atoms with E-state index in [-0.39, 0.29) is 0 Å². The van der Waals surface area contributed by atoms with Gasteiger partial charge in [0.25, 0.3) is 5.12 Å². The molecule has 0 saturated carbocycles. The number of rotatable bonds is 2. The molecule has 1 aromatic rings. The smallest absolute Gasteiger partial charge is 0.350 e. The lowest BCUT2D eigenvalue weighted by molar-refractivity contribution is 0.0698. The molecule has 0 aromatic carbocycles. The molecule has 0 aliphatic heterocycles. The van der Waals surface area contributed by atoms with E-state index >= 15 is 0 Å². The van der Waals surface area contributed by atoms with Crippen LogP contribution < -0.4 is 0 Å². The number of carbonyl (C=O) groups is 2. The maximum Gasteiger partial charge on any atom is 0.350 e. The highest BCUT2D eigenvalue weighted by atomic mass is 32.2. The van der Waals surface area contributed by atoms with Crippen LogP contribution in [0, 0.1) is 0 Å². The fourth-order valence-electron chi connectivity index (χ4n) is 0.640. The number of hydrogen-bond donors (Lipinski definition) is 1. The Bertz CT molecular complexity index is 488. The van der Waals surface area contributed by atoms with Gasteiger partial charge in [0, 0.05) is 6.26 Å². The first-order valence-corrected chi connectivity index (χ1v) is 5.80. The summed E-state index contributed by atoms with van der Waals surface area (Å²) in [6.45, 7) is 0. The predicted octanol–water partition coefficient (Wildman–Crippen LogP) is -0.579. The Kier molecular flexibility index (Phi) is 2.62. The van der Waals surface area contributed by atoms with Crippen molar-refractivity contribution < 1.29 is 23.1 Å². The van der Waals surface area contributed by atoms with Gasteiger partial charge in [-0.05, 0) is 11.5 Å². The van der Waals surface area contributed by atoms with Crippen LogP contribution in [0.1, 0.15) is 20.2 Å². The minimum Gasteiger partial charge on any atom is -0.477 e. The lowest BCUT2D eigenvalue weighted by Crippen LogP contribution is -2.16. The molecule has 0 radical (unpaired) electrons. The Morgan fingerprint density at radius 2 is 2.00 bits per heavy atom. The largest absolute Gasteiger partial charge is 0.477 e. The summed E-state index contributed by atoms with van der Waals surface area (Å²) in [6.07, 6.45) is 0.681. The van der Waals surface area contributed by atoms with Crippen LogP contribution in [-0.4, -0.2) is 40.5 Å². The summed E-state index contributed by atoms with van der Waals surface area (Å²) < 4.78 is 24.8. The van der Waals surface area contributed by atoms with Gasteiger partial charge in [-0.15, -0.1) is 5.10 Å². The Labute approximate surface area is 82.5 Å². The second-order valence-corrected chi connectivity index (χ2v) is 4.98. The summed E-state index contributed by atoms with van der Waals surface area (Å²) in [5, 5.41) is 10.4. The predicted molar refractivity (Wildman–Crippen MR) is 46.0 cm³/mol. The topological polar surface area (TPSA) is 114 Å². The number of sulfone groups is 1. The van der Waals surface area contributed by atoms with Crippen LogP contribution >= 0.6 is 11.5 Å². The molecule has 0 amide bonds. The molecule has 0 aliphatic carbocycles. The normalized spacial score (nSPS) is 11.2. The van der Waals surface area contributed by atoms with E-state index < -0.39 is 31.5 Å². The quantitative estimate of drug-likeness (QED) is 0.730. The van der Waals surface area contributed by atoms with E-state index in [0.717, 1.165) is 0 Å². The zero-order valence-electron chi connectivity index (χ0n) is 6.79. The van der Waals surface area contributed by atoms with Crippen LogP contribution in [-0.2, 0) is 9.84 Å². The molecule has 1 aromatic heterocycles. The standard InChI is InChI=1S/C5H4N2O5S2/c1-14(11,12)5(10)2-3(4(8)9)13-7-6-2/h1H3,(H,8,9). The highest BCUT2D eigenvalue weighted by Gasteiger charge is 2.28. The molecule has 76 valence electrons. The number of carbonyl (C=O) groups excluding carboxylic acids is 1. The average molecular weight is 236 g/mol. The zero-order chi connectivity index (χ0) is 10.9. The van der Waals surface area contributed by atoms with E-state index in [1.807, 2.05) is 0 Å². The van der Waals surface area contributed by atoms with Gasteiger partial charge in [-0.25, -0.2) is 13.2 Å². The molecule has 0 saturated heterocycles. The van der Waals surface area contributed by atoms with Gasteiger partial charge in [-0.1, -0.05) is 4.49 Å².